The Balaban J connectivity index is 1.58. The number of benzene rings is 1. The lowest BCUT2D eigenvalue weighted by atomic mass is 10.1. The highest BCUT2D eigenvalue weighted by atomic mass is 19.4. The number of amides is 1. The van der Waals surface area contributed by atoms with Gasteiger partial charge in [-0.1, -0.05) is 13.0 Å². The summed E-state index contributed by atoms with van der Waals surface area (Å²) >= 11 is 0. The smallest absolute Gasteiger partial charge is 0.377 e. The second-order valence-corrected chi connectivity index (χ2v) is 9.62. The molecule has 214 valence electrons. The first-order valence-corrected chi connectivity index (χ1v) is 13.0. The van der Waals surface area contributed by atoms with Crippen LogP contribution in [0, 0.1) is 12.7 Å². The van der Waals surface area contributed by atoms with Gasteiger partial charge in [0.1, 0.15) is 18.0 Å². The molecule has 1 fully saturated rings. The zero-order valence-electron chi connectivity index (χ0n) is 22.1. The second kappa shape index (κ2) is 11.0. The van der Waals surface area contributed by atoms with Crippen LogP contribution in [0.15, 0.2) is 23.0 Å². The fraction of sp³-hybridized carbons (Fsp3) is 0.462. The summed E-state index contributed by atoms with van der Waals surface area (Å²) in [6, 6.07) is 1.63. The monoisotopic (exact) mass is 563 g/mol. The summed E-state index contributed by atoms with van der Waals surface area (Å²) in [5, 5.41) is 10.3. The summed E-state index contributed by atoms with van der Waals surface area (Å²) in [7, 11) is 0. The molecule has 0 spiro atoms. The van der Waals surface area contributed by atoms with Crippen LogP contribution < -0.4 is 21.1 Å². The molecule has 2 aliphatic heterocycles. The predicted molar refractivity (Wildman–Crippen MR) is 140 cm³/mol. The fourth-order valence-corrected chi connectivity index (χ4v) is 5.06. The molecule has 14 heteroatoms. The molecule has 1 amide bonds. The first kappa shape index (κ1) is 27.8. The maximum Gasteiger partial charge on any atom is 0.419 e. The largest absolute Gasteiger partial charge is 0.419 e. The molecule has 2 aromatic heterocycles. The van der Waals surface area contributed by atoms with Gasteiger partial charge in [0.2, 0.25) is 11.7 Å². The van der Waals surface area contributed by atoms with Gasteiger partial charge in [-0.05, 0) is 37.5 Å². The average Bonchev–Trinajstić information content (AvgIpc) is 3.39. The van der Waals surface area contributed by atoms with Gasteiger partial charge >= 0.3 is 6.18 Å². The van der Waals surface area contributed by atoms with Gasteiger partial charge in [-0.15, -0.1) is 5.10 Å². The Morgan fingerprint density at radius 2 is 1.98 bits per heavy atom. The zero-order chi connectivity index (χ0) is 28.6. The van der Waals surface area contributed by atoms with Crippen LogP contribution in [-0.2, 0) is 28.7 Å². The molecule has 40 heavy (non-hydrogen) atoms. The van der Waals surface area contributed by atoms with Gasteiger partial charge in [0.25, 0.3) is 5.56 Å². The highest BCUT2D eigenvalue weighted by Gasteiger charge is 2.35. The van der Waals surface area contributed by atoms with Gasteiger partial charge in [-0.3, -0.25) is 9.59 Å². The minimum absolute atomic E-state index is 0.0811. The van der Waals surface area contributed by atoms with Crippen molar-refractivity contribution in [1.82, 2.24) is 24.5 Å². The molecule has 4 heterocycles. The molecule has 0 aliphatic carbocycles. The van der Waals surface area contributed by atoms with Crippen molar-refractivity contribution in [1.29, 1.82) is 0 Å². The summed E-state index contributed by atoms with van der Waals surface area (Å²) in [6.45, 7) is 6.10. The Morgan fingerprint density at radius 3 is 2.62 bits per heavy atom. The van der Waals surface area contributed by atoms with Gasteiger partial charge in [0, 0.05) is 37.4 Å². The number of carbonyl (C=O) groups excluding carboxylic acids is 1. The van der Waals surface area contributed by atoms with Gasteiger partial charge in [0.05, 0.1) is 24.5 Å². The van der Waals surface area contributed by atoms with Crippen LogP contribution in [0.4, 0.5) is 28.9 Å². The Labute approximate surface area is 226 Å². The average molecular weight is 564 g/mol. The Hall–Kier alpha value is -3.78. The number of anilines is 2. The molecule has 1 saturated heterocycles. The van der Waals surface area contributed by atoms with E-state index in [9.17, 15) is 27.2 Å². The molecule has 0 unspecified atom stereocenters. The summed E-state index contributed by atoms with van der Waals surface area (Å²) < 4.78 is 62.0. The van der Waals surface area contributed by atoms with E-state index >= 15 is 0 Å². The number of piperazine rings is 1. The lowest BCUT2D eigenvalue weighted by Crippen LogP contribution is -2.47. The van der Waals surface area contributed by atoms with Crippen LogP contribution in [0.5, 0.6) is 0 Å². The van der Waals surface area contributed by atoms with Gasteiger partial charge < -0.3 is 24.8 Å². The van der Waals surface area contributed by atoms with Crippen LogP contribution in [0.1, 0.15) is 36.0 Å². The van der Waals surface area contributed by atoms with Crippen LogP contribution in [0.25, 0.3) is 11.4 Å². The number of aromatic nitrogens is 4. The molecular formula is C26H29F4N7O3. The molecule has 0 saturated carbocycles. The molecule has 1 aromatic carbocycles. The Morgan fingerprint density at radius 1 is 1.23 bits per heavy atom. The van der Waals surface area contributed by atoms with Crippen LogP contribution in [-0.4, -0.2) is 64.5 Å². The molecule has 2 aliphatic rings. The molecule has 0 radical (unpaired) electrons. The maximum absolute atomic E-state index is 14.5. The molecular weight excluding hydrogens is 534 g/mol. The summed E-state index contributed by atoms with van der Waals surface area (Å²) in [6.07, 6.45) is -2.05. The van der Waals surface area contributed by atoms with E-state index in [-0.39, 0.29) is 29.1 Å². The highest BCUT2D eigenvalue weighted by molar-refractivity contribution is 5.91. The van der Waals surface area contributed by atoms with Crippen LogP contribution in [0.3, 0.4) is 0 Å². The number of nitrogens with one attached hydrogen (secondary N) is 2. The normalized spacial score (nSPS) is 16.4. The van der Waals surface area contributed by atoms with Gasteiger partial charge in [-0.2, -0.15) is 22.7 Å². The van der Waals surface area contributed by atoms with Crippen LogP contribution in [0.2, 0.25) is 0 Å². The first-order chi connectivity index (χ1) is 19.1. The van der Waals surface area contributed by atoms with E-state index in [0.29, 0.717) is 75.5 Å². The number of hydrogen-bond acceptors (Lipinski definition) is 7. The van der Waals surface area contributed by atoms with E-state index in [1.54, 1.807) is 4.57 Å². The topological polar surface area (TPSA) is 106 Å². The number of nitrogens with zero attached hydrogens (tertiary/aromatic N) is 5. The van der Waals surface area contributed by atoms with Crippen LogP contribution >= 0.6 is 0 Å². The summed E-state index contributed by atoms with van der Waals surface area (Å²) in [5.41, 5.74) is -0.356. The Kier molecular flexibility index (Phi) is 7.64. The quantitative estimate of drug-likeness (QED) is 0.445. The van der Waals surface area contributed by atoms with Crippen molar-refractivity contribution in [2.24, 2.45) is 0 Å². The lowest BCUT2D eigenvalue weighted by Gasteiger charge is -2.31. The summed E-state index contributed by atoms with van der Waals surface area (Å²) in [4.78, 5) is 33.6. The van der Waals surface area contributed by atoms with E-state index in [2.05, 4.69) is 20.7 Å². The maximum atomic E-state index is 14.5. The van der Waals surface area contributed by atoms with Crippen molar-refractivity contribution < 1.29 is 27.1 Å². The van der Waals surface area contributed by atoms with E-state index in [0.717, 1.165) is 11.6 Å². The molecule has 10 nitrogen and oxygen atoms in total. The minimum Gasteiger partial charge on any atom is -0.377 e. The molecule has 0 atom stereocenters. The Bertz CT molecular complexity index is 1540. The van der Waals surface area contributed by atoms with Crippen molar-refractivity contribution in [3.63, 3.8) is 0 Å². The predicted octanol–water partition coefficient (Wildman–Crippen LogP) is 2.77. The number of fused-ring (bicyclic) bond motifs is 1. The number of rotatable bonds is 6. The van der Waals surface area contributed by atoms with Crippen molar-refractivity contribution in [2.45, 2.75) is 39.4 Å². The second-order valence-electron chi connectivity index (χ2n) is 9.62. The zero-order valence-corrected chi connectivity index (χ0v) is 22.1. The summed E-state index contributed by atoms with van der Waals surface area (Å²) in [5.74, 6) is -1.55. The molecule has 2 N–H and O–H groups in total. The number of alkyl halides is 3. The van der Waals surface area contributed by atoms with E-state index in [1.807, 2.05) is 17.9 Å². The third-order valence-electron chi connectivity index (χ3n) is 7.11. The lowest BCUT2D eigenvalue weighted by molar-refractivity contribution is -0.140. The fourth-order valence-electron chi connectivity index (χ4n) is 5.06. The van der Waals surface area contributed by atoms with Crippen molar-refractivity contribution in [3.8, 4) is 0 Å². The van der Waals surface area contributed by atoms with Gasteiger partial charge in [0.15, 0.2) is 5.82 Å². The third kappa shape index (κ3) is 5.20. The minimum atomic E-state index is -4.86. The van der Waals surface area contributed by atoms with Crippen molar-refractivity contribution >= 4 is 28.6 Å². The third-order valence-corrected chi connectivity index (χ3v) is 7.11. The number of ether oxygens (including phenoxy) is 1. The standard InChI is InChI=1S/C26H29F4N7O3/c1-3-19-22(35-10-8-31-9-11-35)24(39)37-25(33-23(34-37)16-6-12-40-13-7-16)36(19)14-20(38)32-18-5-4-17(26(28,29)30)21(27)15(18)2/h4-6,31H,3,7-14H2,1-2H3,(H,32,38). The van der Waals surface area contributed by atoms with E-state index < -0.39 is 23.5 Å². The molecule has 0 bridgehead atoms. The van der Waals surface area contributed by atoms with Gasteiger partial charge in [-0.25, -0.2) is 4.39 Å². The SMILES string of the molecule is CCc1c(N2CCNCC2)c(=O)n2nc(C3=CCOCC3)nc2n1CC(=O)Nc1ccc(C(F)(F)F)c(F)c1C. The number of halogens is 4. The highest BCUT2D eigenvalue weighted by Crippen LogP contribution is 2.34. The molecule has 5 rings (SSSR count). The van der Waals surface area contributed by atoms with Crippen molar-refractivity contribution in [3.05, 3.63) is 57.0 Å². The first-order valence-electron chi connectivity index (χ1n) is 13.0. The number of carbonyl (C=O) groups is 1. The van der Waals surface area contributed by atoms with E-state index in [4.69, 9.17) is 4.74 Å². The number of hydrogen-bond donors (Lipinski definition) is 2. The van der Waals surface area contributed by atoms with Crippen molar-refractivity contribution in [2.75, 3.05) is 49.6 Å². The van der Waals surface area contributed by atoms with E-state index in [1.165, 1.54) is 11.4 Å². The molecule has 3 aromatic rings.